The Morgan fingerprint density at radius 1 is 1.35 bits per heavy atom. The summed E-state index contributed by atoms with van der Waals surface area (Å²) in [6.45, 7) is 5.34. The Bertz CT molecular complexity index is 684. The highest BCUT2D eigenvalue weighted by Gasteiger charge is 2.29. The number of rotatable bonds is 3. The summed E-state index contributed by atoms with van der Waals surface area (Å²) in [7, 11) is 0. The molecule has 3 rings (SSSR count). The summed E-state index contributed by atoms with van der Waals surface area (Å²) in [5.74, 6) is 1.17. The maximum absolute atomic E-state index is 12.6. The molecular formula is C16H18ClN3O3. The maximum Gasteiger partial charge on any atom is 0.254 e. The van der Waals surface area contributed by atoms with Crippen molar-refractivity contribution in [2.45, 2.75) is 25.9 Å². The van der Waals surface area contributed by atoms with Crippen molar-refractivity contribution < 1.29 is 14.1 Å². The predicted octanol–water partition coefficient (Wildman–Crippen LogP) is 3.06. The lowest BCUT2D eigenvalue weighted by Crippen LogP contribution is -2.42. The first-order valence-corrected chi connectivity index (χ1v) is 7.92. The number of halogens is 1. The predicted molar refractivity (Wildman–Crippen MR) is 84.4 cm³/mol. The first kappa shape index (κ1) is 16.0. The van der Waals surface area contributed by atoms with Gasteiger partial charge in [-0.3, -0.25) is 4.79 Å². The van der Waals surface area contributed by atoms with Crippen molar-refractivity contribution in [3.8, 4) is 0 Å². The van der Waals surface area contributed by atoms with Gasteiger partial charge in [-0.1, -0.05) is 30.6 Å². The minimum Gasteiger partial charge on any atom is -0.366 e. The molecule has 1 fully saturated rings. The van der Waals surface area contributed by atoms with Gasteiger partial charge in [0.2, 0.25) is 11.7 Å². The van der Waals surface area contributed by atoms with Crippen LogP contribution in [0.25, 0.3) is 0 Å². The highest BCUT2D eigenvalue weighted by molar-refractivity contribution is 6.30. The molecule has 1 aromatic carbocycles. The maximum atomic E-state index is 12.6. The van der Waals surface area contributed by atoms with Crippen molar-refractivity contribution in [1.82, 2.24) is 15.0 Å². The molecule has 0 bridgehead atoms. The van der Waals surface area contributed by atoms with Crippen molar-refractivity contribution >= 4 is 17.5 Å². The number of carbonyl (C=O) groups is 1. The van der Waals surface area contributed by atoms with Crippen LogP contribution < -0.4 is 0 Å². The van der Waals surface area contributed by atoms with Gasteiger partial charge in [-0.25, -0.2) is 0 Å². The summed E-state index contributed by atoms with van der Waals surface area (Å²) in [4.78, 5) is 18.7. The van der Waals surface area contributed by atoms with Crippen LogP contribution in [0.15, 0.2) is 28.8 Å². The van der Waals surface area contributed by atoms with Gasteiger partial charge in [0.1, 0.15) is 6.10 Å². The van der Waals surface area contributed by atoms with Crippen LogP contribution >= 0.6 is 11.6 Å². The fourth-order valence-corrected chi connectivity index (χ4v) is 2.50. The fraction of sp³-hybridized carbons (Fsp3) is 0.438. The molecule has 2 aromatic rings. The molecule has 0 aliphatic carbocycles. The highest BCUT2D eigenvalue weighted by atomic mass is 35.5. The average Bonchev–Trinajstić information content (AvgIpc) is 3.05. The third kappa shape index (κ3) is 3.54. The summed E-state index contributed by atoms with van der Waals surface area (Å²) in [6, 6.07) is 6.86. The topological polar surface area (TPSA) is 68.5 Å². The Morgan fingerprint density at radius 2 is 2.09 bits per heavy atom. The average molecular weight is 336 g/mol. The first-order valence-electron chi connectivity index (χ1n) is 7.54. The van der Waals surface area contributed by atoms with E-state index in [4.69, 9.17) is 20.9 Å². The van der Waals surface area contributed by atoms with E-state index in [1.807, 2.05) is 13.8 Å². The number of amides is 1. The molecule has 23 heavy (non-hydrogen) atoms. The molecule has 0 spiro atoms. The van der Waals surface area contributed by atoms with E-state index in [0.29, 0.717) is 42.0 Å². The number of carbonyl (C=O) groups excluding carboxylic acids is 1. The van der Waals surface area contributed by atoms with Crippen molar-refractivity contribution in [2.24, 2.45) is 0 Å². The van der Waals surface area contributed by atoms with Gasteiger partial charge in [0, 0.05) is 23.0 Å². The van der Waals surface area contributed by atoms with Crippen LogP contribution in [0.3, 0.4) is 0 Å². The molecule has 0 N–H and O–H groups in total. The summed E-state index contributed by atoms with van der Waals surface area (Å²) >= 11 is 5.86. The molecule has 2 heterocycles. The summed E-state index contributed by atoms with van der Waals surface area (Å²) in [5, 5.41) is 4.58. The zero-order chi connectivity index (χ0) is 16.4. The molecule has 1 aliphatic heterocycles. The molecule has 7 heteroatoms. The molecule has 1 amide bonds. The minimum absolute atomic E-state index is 0.0532. The third-order valence-corrected chi connectivity index (χ3v) is 3.94. The Morgan fingerprint density at radius 3 is 2.74 bits per heavy atom. The molecule has 0 radical (unpaired) electrons. The molecule has 6 nitrogen and oxygen atoms in total. The fourth-order valence-electron chi connectivity index (χ4n) is 2.38. The van der Waals surface area contributed by atoms with Crippen molar-refractivity contribution in [1.29, 1.82) is 0 Å². The van der Waals surface area contributed by atoms with Crippen LogP contribution in [-0.4, -0.2) is 40.6 Å². The van der Waals surface area contributed by atoms with Gasteiger partial charge < -0.3 is 14.2 Å². The van der Waals surface area contributed by atoms with E-state index in [9.17, 15) is 4.79 Å². The SMILES string of the molecule is CC(C)c1nc([C@H]2CN(C(=O)c3ccc(Cl)cc3)CCO2)no1. The number of benzene rings is 1. The monoisotopic (exact) mass is 335 g/mol. The van der Waals surface area contributed by atoms with Crippen LogP contribution in [0.5, 0.6) is 0 Å². The van der Waals surface area contributed by atoms with E-state index >= 15 is 0 Å². The van der Waals surface area contributed by atoms with E-state index < -0.39 is 0 Å². The second-order valence-electron chi connectivity index (χ2n) is 5.76. The second kappa shape index (κ2) is 6.68. The Hall–Kier alpha value is -1.92. The van der Waals surface area contributed by atoms with Crippen LogP contribution in [0, 0.1) is 0 Å². The highest BCUT2D eigenvalue weighted by Crippen LogP contribution is 2.23. The van der Waals surface area contributed by atoms with Gasteiger partial charge in [0.05, 0.1) is 13.2 Å². The first-order chi connectivity index (χ1) is 11.0. The Kier molecular flexibility index (Phi) is 4.63. The van der Waals surface area contributed by atoms with Gasteiger partial charge in [-0.05, 0) is 24.3 Å². The van der Waals surface area contributed by atoms with Gasteiger partial charge >= 0.3 is 0 Å². The van der Waals surface area contributed by atoms with Crippen LogP contribution in [-0.2, 0) is 4.74 Å². The standard InChI is InChI=1S/C16H18ClN3O3/c1-10(2)15-18-14(19-23-15)13-9-20(7-8-22-13)16(21)11-3-5-12(17)6-4-11/h3-6,10,13H,7-9H2,1-2H3/t13-/m1/s1. The Balaban J connectivity index is 1.72. The lowest BCUT2D eigenvalue weighted by Gasteiger charge is -2.31. The zero-order valence-electron chi connectivity index (χ0n) is 13.0. The summed E-state index contributed by atoms with van der Waals surface area (Å²) < 4.78 is 10.9. The molecule has 1 aliphatic rings. The number of nitrogens with zero attached hydrogens (tertiary/aromatic N) is 3. The van der Waals surface area contributed by atoms with E-state index in [1.165, 1.54) is 0 Å². The molecule has 0 unspecified atom stereocenters. The molecule has 122 valence electrons. The summed E-state index contributed by atoms with van der Waals surface area (Å²) in [5.41, 5.74) is 0.603. The lowest BCUT2D eigenvalue weighted by atomic mass is 10.1. The number of morpholine rings is 1. The number of aromatic nitrogens is 2. The smallest absolute Gasteiger partial charge is 0.254 e. The van der Waals surface area contributed by atoms with Crippen LogP contribution in [0.4, 0.5) is 0 Å². The van der Waals surface area contributed by atoms with Gasteiger partial charge in [-0.2, -0.15) is 4.98 Å². The third-order valence-electron chi connectivity index (χ3n) is 3.68. The minimum atomic E-state index is -0.365. The van der Waals surface area contributed by atoms with E-state index in [1.54, 1.807) is 29.2 Å². The molecule has 0 saturated carbocycles. The van der Waals surface area contributed by atoms with E-state index in [0.717, 1.165) is 0 Å². The van der Waals surface area contributed by atoms with Gasteiger partial charge in [0.15, 0.2) is 0 Å². The molecular weight excluding hydrogens is 318 g/mol. The van der Waals surface area contributed by atoms with Crippen molar-refractivity contribution in [3.63, 3.8) is 0 Å². The number of hydrogen-bond acceptors (Lipinski definition) is 5. The molecule has 1 saturated heterocycles. The zero-order valence-corrected chi connectivity index (χ0v) is 13.8. The van der Waals surface area contributed by atoms with Crippen molar-refractivity contribution in [2.75, 3.05) is 19.7 Å². The van der Waals surface area contributed by atoms with E-state index in [2.05, 4.69) is 10.1 Å². The van der Waals surface area contributed by atoms with Gasteiger partial charge in [0.25, 0.3) is 5.91 Å². The number of ether oxygens (including phenoxy) is 1. The van der Waals surface area contributed by atoms with Crippen LogP contribution in [0.1, 0.15) is 47.9 Å². The Labute approximate surface area is 139 Å². The van der Waals surface area contributed by atoms with E-state index in [-0.39, 0.29) is 17.9 Å². The van der Waals surface area contributed by atoms with Crippen LogP contribution in [0.2, 0.25) is 5.02 Å². The summed E-state index contributed by atoms with van der Waals surface area (Å²) in [6.07, 6.45) is -0.365. The quantitative estimate of drug-likeness (QED) is 0.862. The lowest BCUT2D eigenvalue weighted by molar-refractivity contribution is -0.0276. The molecule has 1 aromatic heterocycles. The largest absolute Gasteiger partial charge is 0.366 e. The van der Waals surface area contributed by atoms with Gasteiger partial charge in [-0.15, -0.1) is 0 Å². The second-order valence-corrected chi connectivity index (χ2v) is 6.20. The molecule has 1 atom stereocenters. The normalized spacial score (nSPS) is 18.4. The number of hydrogen-bond donors (Lipinski definition) is 0. The van der Waals surface area contributed by atoms with Crippen molar-refractivity contribution in [3.05, 3.63) is 46.6 Å².